The van der Waals surface area contributed by atoms with Crippen molar-refractivity contribution >= 4 is 11.6 Å². The van der Waals surface area contributed by atoms with Gasteiger partial charge >= 0.3 is 0 Å². The SMILES string of the molecule is C=CCC1(CN=C(N)Nc2ccc3c(c2)OCCCO3)CCCC1. The van der Waals surface area contributed by atoms with Crippen molar-refractivity contribution in [3.05, 3.63) is 30.9 Å². The molecule has 0 bridgehead atoms. The molecular formula is C19H27N3O2. The quantitative estimate of drug-likeness (QED) is 0.491. The summed E-state index contributed by atoms with van der Waals surface area (Å²) < 4.78 is 11.3. The van der Waals surface area contributed by atoms with E-state index in [1.807, 2.05) is 24.3 Å². The number of fused-ring (bicyclic) bond motifs is 1. The van der Waals surface area contributed by atoms with Gasteiger partial charge < -0.3 is 20.5 Å². The average molecular weight is 329 g/mol. The highest BCUT2D eigenvalue weighted by Gasteiger charge is 2.32. The van der Waals surface area contributed by atoms with E-state index in [4.69, 9.17) is 15.2 Å². The first-order valence-electron chi connectivity index (χ1n) is 8.78. The molecule has 1 aliphatic carbocycles. The van der Waals surface area contributed by atoms with Crippen LogP contribution in [-0.2, 0) is 0 Å². The summed E-state index contributed by atoms with van der Waals surface area (Å²) in [6.07, 6.45) is 8.88. The molecule has 0 saturated heterocycles. The lowest BCUT2D eigenvalue weighted by molar-refractivity contribution is 0.297. The number of guanidine groups is 1. The monoisotopic (exact) mass is 329 g/mol. The van der Waals surface area contributed by atoms with Gasteiger partial charge in [0.25, 0.3) is 0 Å². The number of aliphatic imine (C=N–C) groups is 1. The van der Waals surface area contributed by atoms with Crippen LogP contribution in [0.1, 0.15) is 38.5 Å². The fourth-order valence-corrected chi connectivity index (χ4v) is 3.54. The van der Waals surface area contributed by atoms with E-state index in [9.17, 15) is 0 Å². The molecule has 1 aromatic rings. The molecule has 5 heteroatoms. The molecule has 5 nitrogen and oxygen atoms in total. The van der Waals surface area contributed by atoms with Crippen LogP contribution in [0, 0.1) is 5.41 Å². The normalized spacial score (nSPS) is 19.6. The van der Waals surface area contributed by atoms with Crippen LogP contribution >= 0.6 is 0 Å². The van der Waals surface area contributed by atoms with Crippen LogP contribution in [0.2, 0.25) is 0 Å². The van der Waals surface area contributed by atoms with Gasteiger partial charge in [0.2, 0.25) is 0 Å². The van der Waals surface area contributed by atoms with Gasteiger partial charge in [0.1, 0.15) is 0 Å². The van der Waals surface area contributed by atoms with E-state index < -0.39 is 0 Å². The van der Waals surface area contributed by atoms with E-state index in [0.29, 0.717) is 19.2 Å². The zero-order valence-corrected chi connectivity index (χ0v) is 14.2. The molecule has 0 unspecified atom stereocenters. The smallest absolute Gasteiger partial charge is 0.193 e. The largest absolute Gasteiger partial charge is 0.490 e. The van der Waals surface area contributed by atoms with Gasteiger partial charge in [0, 0.05) is 24.7 Å². The summed E-state index contributed by atoms with van der Waals surface area (Å²) in [7, 11) is 0. The molecule has 0 amide bonds. The van der Waals surface area contributed by atoms with Crippen LogP contribution in [0.25, 0.3) is 0 Å². The molecule has 3 N–H and O–H groups in total. The Hall–Kier alpha value is -2.17. The molecule has 0 atom stereocenters. The van der Waals surface area contributed by atoms with E-state index in [-0.39, 0.29) is 5.41 Å². The van der Waals surface area contributed by atoms with Crippen molar-refractivity contribution in [2.24, 2.45) is 16.1 Å². The molecule has 1 fully saturated rings. The third kappa shape index (κ3) is 4.02. The lowest BCUT2D eigenvalue weighted by Crippen LogP contribution is -2.27. The van der Waals surface area contributed by atoms with E-state index in [2.05, 4.69) is 16.9 Å². The molecular weight excluding hydrogens is 302 g/mol. The lowest BCUT2D eigenvalue weighted by atomic mass is 9.83. The number of anilines is 1. The second kappa shape index (κ2) is 7.60. The number of nitrogens with two attached hydrogens (primary N) is 1. The molecule has 1 saturated carbocycles. The highest BCUT2D eigenvalue weighted by molar-refractivity contribution is 5.92. The van der Waals surface area contributed by atoms with Crippen molar-refractivity contribution < 1.29 is 9.47 Å². The molecule has 130 valence electrons. The Labute approximate surface area is 143 Å². The maximum absolute atomic E-state index is 6.09. The van der Waals surface area contributed by atoms with E-state index in [1.165, 1.54) is 25.7 Å². The second-order valence-electron chi connectivity index (χ2n) is 6.74. The van der Waals surface area contributed by atoms with E-state index in [1.54, 1.807) is 0 Å². The van der Waals surface area contributed by atoms with Crippen LogP contribution < -0.4 is 20.5 Å². The van der Waals surface area contributed by atoms with Crippen LogP contribution in [-0.4, -0.2) is 25.7 Å². The summed E-state index contributed by atoms with van der Waals surface area (Å²) in [5.74, 6) is 1.98. The third-order valence-electron chi connectivity index (χ3n) is 4.85. The minimum atomic E-state index is 0.249. The van der Waals surface area contributed by atoms with Crippen molar-refractivity contribution in [2.45, 2.75) is 38.5 Å². The van der Waals surface area contributed by atoms with Crippen molar-refractivity contribution in [2.75, 3.05) is 25.1 Å². The predicted molar refractivity (Wildman–Crippen MR) is 97.9 cm³/mol. The van der Waals surface area contributed by atoms with Gasteiger partial charge in [-0.05, 0) is 36.8 Å². The van der Waals surface area contributed by atoms with Gasteiger partial charge in [-0.1, -0.05) is 18.9 Å². The molecule has 3 rings (SSSR count). The molecule has 1 aliphatic heterocycles. The summed E-state index contributed by atoms with van der Waals surface area (Å²) in [5.41, 5.74) is 7.20. The maximum atomic E-state index is 6.09. The summed E-state index contributed by atoms with van der Waals surface area (Å²) in [6.45, 7) is 6.00. The Morgan fingerprint density at radius 1 is 1.21 bits per heavy atom. The fraction of sp³-hybridized carbons (Fsp3) is 0.526. The van der Waals surface area contributed by atoms with Crippen molar-refractivity contribution in [3.63, 3.8) is 0 Å². The Bertz CT molecular complexity index is 607. The van der Waals surface area contributed by atoms with Crippen LogP contribution in [0.5, 0.6) is 11.5 Å². The van der Waals surface area contributed by atoms with Crippen molar-refractivity contribution in [1.82, 2.24) is 0 Å². The Morgan fingerprint density at radius 2 is 1.96 bits per heavy atom. The molecule has 0 aromatic heterocycles. The van der Waals surface area contributed by atoms with Gasteiger partial charge in [-0.2, -0.15) is 0 Å². The molecule has 1 aromatic carbocycles. The second-order valence-corrected chi connectivity index (χ2v) is 6.74. The van der Waals surface area contributed by atoms with Crippen molar-refractivity contribution in [3.8, 4) is 11.5 Å². The Morgan fingerprint density at radius 3 is 2.71 bits per heavy atom. The van der Waals surface area contributed by atoms with Gasteiger partial charge in [0.05, 0.1) is 13.2 Å². The zero-order chi connectivity index (χ0) is 16.8. The van der Waals surface area contributed by atoms with Crippen LogP contribution in [0.4, 0.5) is 5.69 Å². The number of hydrogen-bond donors (Lipinski definition) is 2. The van der Waals surface area contributed by atoms with Gasteiger partial charge in [-0.15, -0.1) is 6.58 Å². The highest BCUT2D eigenvalue weighted by Crippen LogP contribution is 2.41. The van der Waals surface area contributed by atoms with Gasteiger partial charge in [-0.25, -0.2) is 0 Å². The standard InChI is InChI=1S/C19H27N3O2/c1-2-8-19(9-3-4-10-19)14-21-18(20)22-15-6-7-16-17(13-15)24-12-5-11-23-16/h2,6-7,13H,1,3-5,8-12,14H2,(H3,20,21,22). The van der Waals surface area contributed by atoms with Crippen LogP contribution in [0.15, 0.2) is 35.8 Å². The average Bonchev–Trinajstić information content (AvgIpc) is 2.91. The predicted octanol–water partition coefficient (Wildman–Crippen LogP) is 3.71. The zero-order valence-electron chi connectivity index (χ0n) is 14.2. The van der Waals surface area contributed by atoms with Gasteiger partial charge in [-0.3, -0.25) is 4.99 Å². The topological polar surface area (TPSA) is 68.9 Å². The molecule has 0 radical (unpaired) electrons. The van der Waals surface area contributed by atoms with Crippen molar-refractivity contribution in [1.29, 1.82) is 0 Å². The minimum absolute atomic E-state index is 0.249. The lowest BCUT2D eigenvalue weighted by Gasteiger charge is -2.25. The fourth-order valence-electron chi connectivity index (χ4n) is 3.54. The number of allylic oxidation sites excluding steroid dienone is 1. The first-order valence-corrected chi connectivity index (χ1v) is 8.78. The Kier molecular flexibility index (Phi) is 5.28. The molecule has 1 heterocycles. The van der Waals surface area contributed by atoms with E-state index >= 15 is 0 Å². The van der Waals surface area contributed by atoms with Gasteiger partial charge in [0.15, 0.2) is 17.5 Å². The third-order valence-corrected chi connectivity index (χ3v) is 4.85. The highest BCUT2D eigenvalue weighted by atomic mass is 16.5. The number of benzene rings is 1. The molecule has 2 aliphatic rings. The summed E-state index contributed by atoms with van der Waals surface area (Å²) in [6, 6.07) is 5.76. The number of nitrogens with zero attached hydrogens (tertiary/aromatic N) is 1. The first-order chi connectivity index (χ1) is 11.7. The number of ether oxygens (including phenoxy) is 2. The van der Waals surface area contributed by atoms with Crippen LogP contribution in [0.3, 0.4) is 0 Å². The molecule has 0 spiro atoms. The Balaban J connectivity index is 1.64. The summed E-state index contributed by atoms with van der Waals surface area (Å²) in [4.78, 5) is 4.59. The number of hydrogen-bond acceptors (Lipinski definition) is 3. The first kappa shape index (κ1) is 16.7. The summed E-state index contributed by atoms with van der Waals surface area (Å²) in [5, 5.41) is 3.16. The minimum Gasteiger partial charge on any atom is -0.490 e. The maximum Gasteiger partial charge on any atom is 0.193 e. The van der Waals surface area contributed by atoms with E-state index in [0.717, 1.165) is 36.6 Å². The summed E-state index contributed by atoms with van der Waals surface area (Å²) >= 11 is 0. The molecule has 24 heavy (non-hydrogen) atoms. The number of rotatable bonds is 5. The number of nitrogens with one attached hydrogen (secondary N) is 1.